The van der Waals surface area contributed by atoms with E-state index in [0.29, 0.717) is 17.2 Å². The Morgan fingerprint density at radius 2 is 2.16 bits per heavy atom. The van der Waals surface area contributed by atoms with E-state index in [0.717, 1.165) is 31.5 Å². The summed E-state index contributed by atoms with van der Waals surface area (Å²) in [6.07, 6.45) is 2.55. The summed E-state index contributed by atoms with van der Waals surface area (Å²) in [5.74, 6) is -0.0984. The van der Waals surface area contributed by atoms with Gasteiger partial charge in [-0.25, -0.2) is 0 Å². The lowest BCUT2D eigenvalue weighted by atomic mass is 10.0. The van der Waals surface area contributed by atoms with Gasteiger partial charge in [-0.3, -0.25) is 9.69 Å². The molecule has 4 nitrogen and oxygen atoms in total. The summed E-state index contributed by atoms with van der Waals surface area (Å²) in [6.45, 7) is 1.69. The molecule has 19 heavy (non-hydrogen) atoms. The zero-order valence-electron chi connectivity index (χ0n) is 10.9. The second kappa shape index (κ2) is 6.26. The molecule has 1 saturated heterocycles. The largest absolute Gasteiger partial charge is 0.496 e. The summed E-state index contributed by atoms with van der Waals surface area (Å²) >= 11 is 5.98. The highest BCUT2D eigenvalue weighted by Gasteiger charge is 2.28. The highest BCUT2D eigenvalue weighted by atomic mass is 35.5. The number of rotatable bonds is 5. The minimum absolute atomic E-state index is 0.416. The van der Waals surface area contributed by atoms with Gasteiger partial charge in [-0.2, -0.15) is 0 Å². The summed E-state index contributed by atoms with van der Waals surface area (Å²) in [5.41, 5.74) is 0.842. The third kappa shape index (κ3) is 3.39. The van der Waals surface area contributed by atoms with Crippen molar-refractivity contribution in [3.8, 4) is 5.75 Å². The van der Waals surface area contributed by atoms with Crippen LogP contribution in [0.15, 0.2) is 18.2 Å². The molecular weight excluding hydrogens is 266 g/mol. The average molecular weight is 284 g/mol. The molecule has 2 rings (SSSR count). The maximum atomic E-state index is 11.5. The van der Waals surface area contributed by atoms with Crippen LogP contribution in [0.25, 0.3) is 0 Å². The molecule has 1 heterocycles. The molecular formula is C14H18ClNO3. The number of hydrogen-bond acceptors (Lipinski definition) is 3. The minimum Gasteiger partial charge on any atom is -0.496 e. The Morgan fingerprint density at radius 3 is 2.74 bits per heavy atom. The van der Waals surface area contributed by atoms with Gasteiger partial charge in [-0.05, 0) is 49.7 Å². The number of benzene rings is 1. The normalized spacial score (nSPS) is 17.4. The predicted molar refractivity (Wildman–Crippen MR) is 73.9 cm³/mol. The van der Waals surface area contributed by atoms with E-state index in [4.69, 9.17) is 16.3 Å². The Hall–Kier alpha value is -1.26. The van der Waals surface area contributed by atoms with Gasteiger partial charge < -0.3 is 9.84 Å². The maximum Gasteiger partial charge on any atom is 0.321 e. The van der Waals surface area contributed by atoms with Crippen LogP contribution in [0, 0.1) is 0 Å². The van der Waals surface area contributed by atoms with Gasteiger partial charge in [0.2, 0.25) is 0 Å². The Kier molecular flexibility index (Phi) is 4.66. The number of likely N-dealkylation sites (tertiary alicyclic amines) is 1. The molecule has 0 aromatic heterocycles. The first kappa shape index (κ1) is 14.2. The highest BCUT2D eigenvalue weighted by molar-refractivity contribution is 6.30. The molecule has 5 heteroatoms. The first-order valence-corrected chi connectivity index (χ1v) is 6.79. The number of carboxylic acid groups (broad SMARTS) is 1. The van der Waals surface area contributed by atoms with Crippen molar-refractivity contribution < 1.29 is 14.6 Å². The summed E-state index contributed by atoms with van der Waals surface area (Å²) < 4.78 is 5.27. The van der Waals surface area contributed by atoms with Crippen LogP contribution < -0.4 is 4.74 Å². The van der Waals surface area contributed by atoms with Gasteiger partial charge >= 0.3 is 5.97 Å². The van der Waals surface area contributed by atoms with Crippen LogP contribution in [-0.4, -0.2) is 42.2 Å². The van der Waals surface area contributed by atoms with Gasteiger partial charge in [0.1, 0.15) is 11.8 Å². The number of carboxylic acids is 1. The molecule has 0 saturated carbocycles. The third-order valence-electron chi connectivity index (χ3n) is 3.52. The van der Waals surface area contributed by atoms with Crippen LogP contribution in [0.2, 0.25) is 5.02 Å². The van der Waals surface area contributed by atoms with Crippen molar-refractivity contribution in [3.05, 3.63) is 28.8 Å². The highest BCUT2D eigenvalue weighted by Crippen LogP contribution is 2.26. The Labute approximate surface area is 117 Å². The molecule has 0 spiro atoms. The molecule has 1 aromatic rings. The van der Waals surface area contributed by atoms with Crippen molar-refractivity contribution >= 4 is 17.6 Å². The van der Waals surface area contributed by atoms with E-state index in [-0.39, 0.29) is 0 Å². The number of hydrogen-bond donors (Lipinski definition) is 1. The van der Waals surface area contributed by atoms with E-state index in [1.54, 1.807) is 25.3 Å². The van der Waals surface area contributed by atoms with Crippen LogP contribution in [0.1, 0.15) is 18.4 Å². The first-order chi connectivity index (χ1) is 9.11. The molecule has 1 fully saturated rings. The first-order valence-electron chi connectivity index (χ1n) is 6.41. The number of methoxy groups -OCH3 is 1. The van der Waals surface area contributed by atoms with Crippen molar-refractivity contribution in [2.45, 2.75) is 25.3 Å². The second-order valence-electron chi connectivity index (χ2n) is 4.76. The molecule has 0 amide bonds. The Morgan fingerprint density at radius 1 is 1.47 bits per heavy atom. The van der Waals surface area contributed by atoms with Crippen LogP contribution in [0.3, 0.4) is 0 Å². The van der Waals surface area contributed by atoms with Gasteiger partial charge in [0.15, 0.2) is 0 Å². The lowest BCUT2D eigenvalue weighted by Gasteiger charge is -2.24. The standard InChI is InChI=1S/C14H18ClNO3/c1-19-13-5-4-11(15)8-10(13)9-12(14(17)18)16-6-2-3-7-16/h4-5,8,12H,2-3,6-7,9H2,1H3,(H,17,18)/t12-/m0/s1. The van der Waals surface area contributed by atoms with Crippen molar-refractivity contribution in [1.29, 1.82) is 0 Å². The van der Waals surface area contributed by atoms with Crippen molar-refractivity contribution in [2.75, 3.05) is 20.2 Å². The molecule has 1 atom stereocenters. The van der Waals surface area contributed by atoms with Gasteiger partial charge in [-0.1, -0.05) is 11.6 Å². The number of nitrogens with zero attached hydrogens (tertiary/aromatic N) is 1. The molecule has 1 N–H and O–H groups in total. The van der Waals surface area contributed by atoms with Crippen LogP contribution >= 0.6 is 11.6 Å². The number of ether oxygens (including phenoxy) is 1. The molecule has 0 unspecified atom stereocenters. The van der Waals surface area contributed by atoms with Crippen molar-refractivity contribution in [2.24, 2.45) is 0 Å². The van der Waals surface area contributed by atoms with E-state index >= 15 is 0 Å². The van der Waals surface area contributed by atoms with E-state index < -0.39 is 12.0 Å². The number of halogens is 1. The smallest absolute Gasteiger partial charge is 0.321 e. The molecule has 0 radical (unpaired) electrons. The fourth-order valence-corrected chi connectivity index (χ4v) is 2.74. The molecule has 1 aliphatic rings. The number of carbonyl (C=O) groups is 1. The lowest BCUT2D eigenvalue weighted by Crippen LogP contribution is -2.40. The van der Waals surface area contributed by atoms with Gasteiger partial charge in [0, 0.05) is 11.4 Å². The fourth-order valence-electron chi connectivity index (χ4n) is 2.54. The summed E-state index contributed by atoms with van der Waals surface area (Å²) in [7, 11) is 1.58. The summed E-state index contributed by atoms with van der Waals surface area (Å²) in [4.78, 5) is 13.5. The zero-order chi connectivity index (χ0) is 13.8. The number of aliphatic carboxylic acids is 1. The van der Waals surface area contributed by atoms with Crippen molar-refractivity contribution in [3.63, 3.8) is 0 Å². The second-order valence-corrected chi connectivity index (χ2v) is 5.19. The monoisotopic (exact) mass is 283 g/mol. The average Bonchev–Trinajstić information content (AvgIpc) is 2.89. The van der Waals surface area contributed by atoms with Crippen molar-refractivity contribution in [1.82, 2.24) is 4.90 Å². The predicted octanol–water partition coefficient (Wildman–Crippen LogP) is 2.44. The lowest BCUT2D eigenvalue weighted by molar-refractivity contribution is -0.142. The molecule has 0 aliphatic carbocycles. The fraction of sp³-hybridized carbons (Fsp3) is 0.500. The maximum absolute atomic E-state index is 11.5. The molecule has 1 aromatic carbocycles. The summed E-state index contributed by atoms with van der Waals surface area (Å²) in [5, 5.41) is 10.0. The van der Waals surface area contributed by atoms with Crippen LogP contribution in [0.4, 0.5) is 0 Å². The SMILES string of the molecule is COc1ccc(Cl)cc1C[C@@H](C(=O)O)N1CCCC1. The van der Waals surface area contributed by atoms with E-state index in [9.17, 15) is 9.90 Å². The Bertz CT molecular complexity index is 458. The molecule has 104 valence electrons. The van der Waals surface area contributed by atoms with Gasteiger partial charge in [-0.15, -0.1) is 0 Å². The summed E-state index contributed by atoms with van der Waals surface area (Å²) in [6, 6.07) is 4.80. The Balaban J connectivity index is 2.20. The zero-order valence-corrected chi connectivity index (χ0v) is 11.7. The van der Waals surface area contributed by atoms with E-state index in [2.05, 4.69) is 0 Å². The topological polar surface area (TPSA) is 49.8 Å². The van der Waals surface area contributed by atoms with E-state index in [1.807, 2.05) is 4.90 Å². The third-order valence-corrected chi connectivity index (χ3v) is 3.76. The van der Waals surface area contributed by atoms with Crippen LogP contribution in [-0.2, 0) is 11.2 Å². The molecule has 1 aliphatic heterocycles. The molecule has 0 bridgehead atoms. The van der Waals surface area contributed by atoms with Crippen LogP contribution in [0.5, 0.6) is 5.75 Å². The van der Waals surface area contributed by atoms with Gasteiger partial charge in [0.25, 0.3) is 0 Å². The minimum atomic E-state index is -0.788. The van der Waals surface area contributed by atoms with Gasteiger partial charge in [0.05, 0.1) is 7.11 Å². The van der Waals surface area contributed by atoms with E-state index in [1.165, 1.54) is 0 Å². The quantitative estimate of drug-likeness (QED) is 0.902.